The molecule has 0 spiro atoms. The Morgan fingerprint density at radius 2 is 1.84 bits per heavy atom. The van der Waals surface area contributed by atoms with Gasteiger partial charge in [0.05, 0.1) is 6.54 Å². The Hall–Kier alpha value is -3.08. The first-order chi connectivity index (χ1) is 15.2. The van der Waals surface area contributed by atoms with Crippen LogP contribution in [0.15, 0.2) is 53.6 Å². The number of hydrogen-bond donors (Lipinski definition) is 0. The number of halogens is 5. The molecule has 0 saturated heterocycles. The smallest absolute Gasteiger partial charge is 0.337 e. The number of rotatable bonds is 5. The Bertz CT molecular complexity index is 1180. The van der Waals surface area contributed by atoms with Crippen LogP contribution in [0.4, 0.5) is 27.9 Å². The van der Waals surface area contributed by atoms with Gasteiger partial charge < -0.3 is 4.90 Å². The van der Waals surface area contributed by atoms with Crippen molar-refractivity contribution in [2.45, 2.75) is 25.6 Å². The number of anilines is 1. The van der Waals surface area contributed by atoms with Crippen molar-refractivity contribution in [2.75, 3.05) is 18.0 Å². The number of nitrogens with zero attached hydrogens (tertiary/aromatic N) is 4. The summed E-state index contributed by atoms with van der Waals surface area (Å²) < 4.78 is 64.8. The molecular weight excluding hydrogens is 451 g/mol. The predicted octanol–water partition coefficient (Wildman–Crippen LogP) is 5.00. The van der Waals surface area contributed by atoms with E-state index in [0.717, 1.165) is 21.8 Å². The molecule has 1 aromatic carbocycles. The van der Waals surface area contributed by atoms with Crippen LogP contribution in [-0.4, -0.2) is 27.6 Å². The molecule has 4 rings (SSSR count). The molecule has 0 N–H and O–H groups in total. The van der Waals surface area contributed by atoms with Crippen molar-refractivity contribution in [3.63, 3.8) is 0 Å². The Balaban J connectivity index is 1.43. The Kier molecular flexibility index (Phi) is 6.09. The summed E-state index contributed by atoms with van der Waals surface area (Å²) in [4.78, 5) is 22.0. The maximum absolute atomic E-state index is 12.7. The second kappa shape index (κ2) is 8.81. The summed E-state index contributed by atoms with van der Waals surface area (Å²) in [5.41, 5.74) is 1.24. The fraction of sp³-hybridized carbons (Fsp3) is 0.286. The van der Waals surface area contributed by atoms with E-state index in [4.69, 9.17) is 0 Å². The van der Waals surface area contributed by atoms with Crippen LogP contribution in [0.2, 0.25) is 0 Å². The van der Waals surface area contributed by atoms with Crippen molar-refractivity contribution in [1.29, 1.82) is 0 Å². The minimum absolute atomic E-state index is 0.0297. The molecule has 5 nitrogen and oxygen atoms in total. The normalized spacial score (nSPS) is 14.7. The van der Waals surface area contributed by atoms with Gasteiger partial charge in [-0.1, -0.05) is 30.3 Å². The van der Waals surface area contributed by atoms with E-state index in [2.05, 4.69) is 9.97 Å². The van der Waals surface area contributed by atoms with Crippen LogP contribution in [-0.2, 0) is 12.7 Å². The summed E-state index contributed by atoms with van der Waals surface area (Å²) in [6.45, 7) is 0.930. The fourth-order valence-electron chi connectivity index (χ4n) is 3.35. The highest BCUT2D eigenvalue weighted by molar-refractivity contribution is 7.12. The fourth-order valence-corrected chi connectivity index (χ4v) is 4.22. The zero-order valence-electron chi connectivity index (χ0n) is 16.5. The van der Waals surface area contributed by atoms with Crippen LogP contribution in [0.1, 0.15) is 33.7 Å². The van der Waals surface area contributed by atoms with Crippen LogP contribution in [0.3, 0.4) is 0 Å². The number of thiophene rings is 1. The van der Waals surface area contributed by atoms with E-state index < -0.39 is 23.2 Å². The van der Waals surface area contributed by atoms with Gasteiger partial charge in [0.2, 0.25) is 5.95 Å². The van der Waals surface area contributed by atoms with Crippen LogP contribution in [0, 0.1) is 0 Å². The van der Waals surface area contributed by atoms with E-state index in [1.54, 1.807) is 17.0 Å². The number of aromatic nitrogens is 3. The van der Waals surface area contributed by atoms with E-state index >= 15 is 0 Å². The largest absolute Gasteiger partial charge is 0.425 e. The van der Waals surface area contributed by atoms with Gasteiger partial charge in [-0.15, -0.1) is 11.3 Å². The van der Waals surface area contributed by atoms with Crippen molar-refractivity contribution in [3.8, 4) is 0 Å². The van der Waals surface area contributed by atoms with Gasteiger partial charge in [0.1, 0.15) is 11.2 Å². The van der Waals surface area contributed by atoms with Crippen molar-refractivity contribution in [1.82, 2.24) is 14.5 Å². The Labute approximate surface area is 183 Å². The average molecular weight is 468 g/mol. The van der Waals surface area contributed by atoms with E-state index in [9.17, 15) is 26.7 Å². The third kappa shape index (κ3) is 4.87. The Morgan fingerprint density at radius 1 is 1.09 bits per heavy atom. The zero-order valence-corrected chi connectivity index (χ0v) is 17.3. The lowest BCUT2D eigenvalue weighted by molar-refractivity contribution is -0.134. The summed E-state index contributed by atoms with van der Waals surface area (Å²) in [6, 6.07) is 8.45. The highest BCUT2D eigenvalue weighted by Crippen LogP contribution is 2.34. The highest BCUT2D eigenvalue weighted by atomic mass is 32.1. The number of hydrogen-bond acceptors (Lipinski definition) is 5. The van der Waals surface area contributed by atoms with E-state index in [1.807, 2.05) is 6.08 Å². The van der Waals surface area contributed by atoms with Gasteiger partial charge in [-0.3, -0.25) is 4.57 Å². The first-order valence-electron chi connectivity index (χ1n) is 9.62. The summed E-state index contributed by atoms with van der Waals surface area (Å²) in [5.74, 6) is 0.233. The molecule has 0 radical (unpaired) electrons. The number of alkyl halides is 5. The van der Waals surface area contributed by atoms with Crippen LogP contribution in [0.25, 0.3) is 5.57 Å². The second-order valence-corrected chi connectivity index (χ2v) is 8.35. The predicted molar refractivity (Wildman–Crippen MR) is 111 cm³/mol. The van der Waals surface area contributed by atoms with E-state index in [-0.39, 0.29) is 18.1 Å². The molecule has 0 atom stereocenters. The van der Waals surface area contributed by atoms with Crippen molar-refractivity contribution in [2.24, 2.45) is 0 Å². The van der Waals surface area contributed by atoms with Crippen LogP contribution in [0.5, 0.6) is 0 Å². The minimum atomic E-state index is -4.42. The Morgan fingerprint density at radius 3 is 2.41 bits per heavy atom. The zero-order chi connectivity index (χ0) is 22.9. The highest BCUT2D eigenvalue weighted by Gasteiger charge is 2.32. The second-order valence-electron chi connectivity index (χ2n) is 7.18. The molecule has 3 aromatic rings. The van der Waals surface area contributed by atoms with E-state index in [1.165, 1.54) is 24.5 Å². The molecule has 2 aromatic heterocycles. The average Bonchev–Trinajstić information content (AvgIpc) is 3.25. The molecule has 0 saturated carbocycles. The molecule has 3 heterocycles. The quantitative estimate of drug-likeness (QED) is 0.495. The van der Waals surface area contributed by atoms with Gasteiger partial charge in [-0.25, -0.2) is 18.6 Å². The minimum Gasteiger partial charge on any atom is -0.337 e. The molecule has 0 fully saturated rings. The third-order valence-corrected chi connectivity index (χ3v) is 6.16. The molecule has 168 valence electrons. The van der Waals surface area contributed by atoms with E-state index in [0.29, 0.717) is 35.7 Å². The maximum Gasteiger partial charge on any atom is 0.425 e. The lowest BCUT2D eigenvalue weighted by Crippen LogP contribution is -2.33. The van der Waals surface area contributed by atoms with Gasteiger partial charge >= 0.3 is 11.9 Å². The summed E-state index contributed by atoms with van der Waals surface area (Å²) >= 11 is 0.576. The van der Waals surface area contributed by atoms with Crippen LogP contribution < -0.4 is 10.6 Å². The molecule has 0 unspecified atom stereocenters. The summed E-state index contributed by atoms with van der Waals surface area (Å²) in [6.07, 6.45) is -3.10. The topological polar surface area (TPSA) is 51.0 Å². The third-order valence-electron chi connectivity index (χ3n) is 5.05. The monoisotopic (exact) mass is 468 g/mol. The molecule has 0 bridgehead atoms. The lowest BCUT2D eigenvalue weighted by atomic mass is 9.98. The summed E-state index contributed by atoms with van der Waals surface area (Å²) in [5, 5.41) is 0. The molecule has 1 aliphatic heterocycles. The summed E-state index contributed by atoms with van der Waals surface area (Å²) in [7, 11) is 0. The van der Waals surface area contributed by atoms with Gasteiger partial charge in [-0.2, -0.15) is 18.2 Å². The molecule has 1 aliphatic rings. The first kappa shape index (κ1) is 22.1. The molecule has 11 heteroatoms. The molecule has 32 heavy (non-hydrogen) atoms. The van der Waals surface area contributed by atoms with Gasteiger partial charge in [0, 0.05) is 23.5 Å². The van der Waals surface area contributed by atoms with Crippen LogP contribution >= 0.6 is 11.3 Å². The SMILES string of the molecule is O=c1nc(N2CC=C(c3ccc(C(F)F)cc3)CC2)ncn1Cc1ccc(C(F)(F)F)s1. The molecule has 0 amide bonds. The van der Waals surface area contributed by atoms with Gasteiger partial charge in [0.25, 0.3) is 6.43 Å². The maximum atomic E-state index is 12.7. The van der Waals surface area contributed by atoms with Crippen molar-refractivity contribution < 1.29 is 22.0 Å². The van der Waals surface area contributed by atoms with Gasteiger partial charge in [0.15, 0.2) is 0 Å². The van der Waals surface area contributed by atoms with Crippen molar-refractivity contribution >= 4 is 22.9 Å². The molecule has 0 aliphatic carbocycles. The molecular formula is C21H17F5N4OS. The first-order valence-corrected chi connectivity index (χ1v) is 10.4. The van der Waals surface area contributed by atoms with Crippen molar-refractivity contribution in [3.05, 3.63) is 80.2 Å². The lowest BCUT2D eigenvalue weighted by Gasteiger charge is -2.26. The number of benzene rings is 1. The van der Waals surface area contributed by atoms with Gasteiger partial charge in [-0.05, 0) is 29.7 Å². The standard InChI is InChI=1S/C21H17F5N4OS/c22-18(23)15-3-1-13(2-4-15)14-7-9-29(10-8-14)19-27-12-30(20(31)28-19)11-16-5-6-17(32-16)21(24,25)26/h1-7,12,18H,8-11H2.